The van der Waals surface area contributed by atoms with E-state index in [4.69, 9.17) is 21.1 Å². The molecular formula is C20H23BrClNO5. The first kappa shape index (κ1) is 22.5. The van der Waals surface area contributed by atoms with Crippen molar-refractivity contribution in [2.24, 2.45) is 0 Å². The Morgan fingerprint density at radius 1 is 1.07 bits per heavy atom. The number of ether oxygens (including phenoxy) is 2. The van der Waals surface area contributed by atoms with Gasteiger partial charge in [0, 0.05) is 11.1 Å². The van der Waals surface area contributed by atoms with Crippen molar-refractivity contribution >= 4 is 39.5 Å². The molecule has 0 spiro atoms. The number of aliphatic hydroxyl groups excluding tert-OH is 1. The van der Waals surface area contributed by atoms with Crippen LogP contribution in [0.1, 0.15) is 71.8 Å². The highest BCUT2D eigenvalue weighted by Crippen LogP contribution is 2.38. The molecule has 0 aliphatic carbocycles. The number of aliphatic hydroxyl groups is 1. The molecule has 0 aliphatic rings. The monoisotopic (exact) mass is 471 g/mol. The molecule has 0 amide bonds. The number of carbonyl (C=O) groups excluding carboxylic acids is 2. The Labute approximate surface area is 177 Å². The number of esters is 2. The SMILES string of the molecule is CCOC(=O)c1c(C(=O)OCC)c(C(O)c2ccc(Cl)cc2)n(C(C)C)c1Br. The van der Waals surface area contributed by atoms with E-state index in [1.165, 1.54) is 0 Å². The molecular weight excluding hydrogens is 450 g/mol. The minimum absolute atomic E-state index is 0.0108. The molecule has 0 radical (unpaired) electrons. The molecule has 1 heterocycles. The zero-order valence-electron chi connectivity index (χ0n) is 16.2. The average molecular weight is 473 g/mol. The van der Waals surface area contributed by atoms with Gasteiger partial charge in [-0.2, -0.15) is 0 Å². The fraction of sp³-hybridized carbons (Fsp3) is 0.400. The summed E-state index contributed by atoms with van der Waals surface area (Å²) >= 11 is 9.36. The molecule has 2 rings (SSSR count). The van der Waals surface area contributed by atoms with Crippen molar-refractivity contribution in [3.63, 3.8) is 0 Å². The van der Waals surface area contributed by atoms with Crippen molar-refractivity contribution in [1.82, 2.24) is 4.57 Å². The topological polar surface area (TPSA) is 77.8 Å². The summed E-state index contributed by atoms with van der Waals surface area (Å²) in [5.41, 5.74) is 0.809. The third kappa shape index (κ3) is 4.42. The maximum absolute atomic E-state index is 12.8. The molecule has 0 bridgehead atoms. The van der Waals surface area contributed by atoms with Crippen molar-refractivity contribution in [2.45, 2.75) is 39.8 Å². The number of carbonyl (C=O) groups is 2. The summed E-state index contributed by atoms with van der Waals surface area (Å²) in [5.74, 6) is -1.37. The zero-order chi connectivity index (χ0) is 21.0. The number of aromatic nitrogens is 1. The molecule has 6 nitrogen and oxygen atoms in total. The maximum atomic E-state index is 12.8. The molecule has 0 fully saturated rings. The van der Waals surface area contributed by atoms with Crippen LogP contribution >= 0.6 is 27.5 Å². The van der Waals surface area contributed by atoms with Gasteiger partial charge >= 0.3 is 11.9 Å². The normalized spacial score (nSPS) is 12.1. The Morgan fingerprint density at radius 2 is 1.57 bits per heavy atom. The Bertz CT molecular complexity index is 860. The predicted octanol–water partition coefficient (Wildman–Crippen LogP) is 4.92. The van der Waals surface area contributed by atoms with Crippen molar-refractivity contribution < 1.29 is 24.2 Å². The molecule has 8 heteroatoms. The zero-order valence-corrected chi connectivity index (χ0v) is 18.5. The van der Waals surface area contributed by atoms with Gasteiger partial charge in [-0.25, -0.2) is 9.59 Å². The molecule has 1 N–H and O–H groups in total. The summed E-state index contributed by atoms with van der Waals surface area (Å²) in [6.07, 6.45) is -1.18. The van der Waals surface area contributed by atoms with E-state index in [9.17, 15) is 14.7 Å². The fourth-order valence-corrected chi connectivity index (χ4v) is 4.04. The molecule has 2 aromatic rings. The maximum Gasteiger partial charge on any atom is 0.341 e. The number of nitrogens with zero attached hydrogens (tertiary/aromatic N) is 1. The van der Waals surface area contributed by atoms with Crippen LogP contribution in [0.25, 0.3) is 0 Å². The Morgan fingerprint density at radius 3 is 2.04 bits per heavy atom. The van der Waals surface area contributed by atoms with Gasteiger partial charge in [0.1, 0.15) is 16.3 Å². The highest BCUT2D eigenvalue weighted by atomic mass is 79.9. The first-order valence-electron chi connectivity index (χ1n) is 8.95. The molecule has 0 saturated carbocycles. The molecule has 1 aromatic carbocycles. The summed E-state index contributed by atoms with van der Waals surface area (Å²) in [4.78, 5) is 25.4. The van der Waals surface area contributed by atoms with Gasteiger partial charge in [0.25, 0.3) is 0 Å². The predicted molar refractivity (Wildman–Crippen MR) is 110 cm³/mol. The van der Waals surface area contributed by atoms with E-state index in [0.29, 0.717) is 15.2 Å². The van der Waals surface area contributed by atoms with Gasteiger partial charge in [-0.15, -0.1) is 0 Å². The highest BCUT2D eigenvalue weighted by molar-refractivity contribution is 9.10. The molecule has 1 atom stereocenters. The van der Waals surface area contributed by atoms with Crippen molar-refractivity contribution in [3.8, 4) is 0 Å². The van der Waals surface area contributed by atoms with E-state index >= 15 is 0 Å². The van der Waals surface area contributed by atoms with Gasteiger partial charge in [-0.1, -0.05) is 23.7 Å². The summed E-state index contributed by atoms with van der Waals surface area (Å²) in [6.45, 7) is 7.39. The Balaban J connectivity index is 2.79. The lowest BCUT2D eigenvalue weighted by molar-refractivity contribution is 0.0476. The van der Waals surface area contributed by atoms with Crippen molar-refractivity contribution in [3.05, 3.63) is 56.3 Å². The largest absolute Gasteiger partial charge is 0.462 e. The molecule has 152 valence electrons. The number of halogens is 2. The first-order chi connectivity index (χ1) is 13.2. The second-order valence-corrected chi connectivity index (χ2v) is 7.47. The van der Waals surface area contributed by atoms with Crippen LogP contribution in [-0.4, -0.2) is 34.8 Å². The minimum Gasteiger partial charge on any atom is -0.462 e. The van der Waals surface area contributed by atoms with Gasteiger partial charge in [0.15, 0.2) is 0 Å². The van der Waals surface area contributed by atoms with E-state index in [2.05, 4.69) is 15.9 Å². The van der Waals surface area contributed by atoms with Crippen LogP contribution in [0.3, 0.4) is 0 Å². The van der Waals surface area contributed by atoms with Crippen LogP contribution in [0.4, 0.5) is 0 Å². The molecule has 0 aliphatic heterocycles. The van der Waals surface area contributed by atoms with Crippen LogP contribution < -0.4 is 0 Å². The van der Waals surface area contributed by atoms with E-state index in [-0.39, 0.29) is 36.1 Å². The average Bonchev–Trinajstić information content (AvgIpc) is 2.95. The van der Waals surface area contributed by atoms with Gasteiger partial charge in [0.2, 0.25) is 0 Å². The summed E-state index contributed by atoms with van der Waals surface area (Å²) < 4.78 is 12.4. The second kappa shape index (κ2) is 9.58. The molecule has 1 unspecified atom stereocenters. The summed E-state index contributed by atoms with van der Waals surface area (Å²) in [7, 11) is 0. The number of hydrogen-bond acceptors (Lipinski definition) is 5. The van der Waals surface area contributed by atoms with Gasteiger partial charge in [0.05, 0.1) is 24.5 Å². The van der Waals surface area contributed by atoms with Crippen molar-refractivity contribution in [2.75, 3.05) is 13.2 Å². The van der Waals surface area contributed by atoms with E-state index < -0.39 is 18.0 Å². The quantitative estimate of drug-likeness (QED) is 0.579. The van der Waals surface area contributed by atoms with Crippen LogP contribution in [0.5, 0.6) is 0 Å². The number of hydrogen-bond donors (Lipinski definition) is 1. The summed E-state index contributed by atoms with van der Waals surface area (Å²) in [6, 6.07) is 6.46. The molecule has 1 aromatic heterocycles. The second-order valence-electron chi connectivity index (χ2n) is 6.28. The highest BCUT2D eigenvalue weighted by Gasteiger charge is 2.36. The van der Waals surface area contributed by atoms with Crippen LogP contribution in [0.2, 0.25) is 5.02 Å². The third-order valence-electron chi connectivity index (χ3n) is 4.10. The lowest BCUT2D eigenvalue weighted by Gasteiger charge is -2.20. The molecule has 0 saturated heterocycles. The number of rotatable bonds is 7. The van der Waals surface area contributed by atoms with Crippen LogP contribution in [0, 0.1) is 0 Å². The smallest absolute Gasteiger partial charge is 0.341 e. The Kier molecular flexibility index (Phi) is 7.69. The van der Waals surface area contributed by atoms with Gasteiger partial charge < -0.3 is 19.1 Å². The van der Waals surface area contributed by atoms with Crippen molar-refractivity contribution in [1.29, 1.82) is 0 Å². The first-order valence-corrected chi connectivity index (χ1v) is 10.1. The molecule has 28 heavy (non-hydrogen) atoms. The van der Waals surface area contributed by atoms with Crippen LogP contribution in [-0.2, 0) is 9.47 Å². The van der Waals surface area contributed by atoms with Gasteiger partial charge in [-0.3, -0.25) is 0 Å². The Hall–Kier alpha value is -1.83. The number of benzene rings is 1. The fourth-order valence-electron chi connectivity index (χ4n) is 2.95. The van der Waals surface area contributed by atoms with E-state index in [1.807, 2.05) is 13.8 Å². The standard InChI is InChI=1S/C20H23BrClNO5/c1-5-27-19(25)14-15(20(26)28-6-2)18(21)23(11(3)4)16(14)17(24)12-7-9-13(22)10-8-12/h7-11,17,24H,5-6H2,1-4H3. The lowest BCUT2D eigenvalue weighted by atomic mass is 10.0. The summed E-state index contributed by atoms with van der Waals surface area (Å²) in [5, 5.41) is 11.6. The minimum atomic E-state index is -1.18. The van der Waals surface area contributed by atoms with Gasteiger partial charge in [-0.05, 0) is 61.3 Å². The van der Waals surface area contributed by atoms with Crippen LogP contribution in [0.15, 0.2) is 28.9 Å². The van der Waals surface area contributed by atoms with E-state index in [0.717, 1.165) is 0 Å². The van der Waals surface area contributed by atoms with E-state index in [1.54, 1.807) is 42.7 Å². The third-order valence-corrected chi connectivity index (χ3v) is 5.13. The lowest BCUT2D eigenvalue weighted by Crippen LogP contribution is -2.17.